The van der Waals surface area contributed by atoms with E-state index in [-0.39, 0.29) is 0 Å². The minimum atomic E-state index is -1.22. The summed E-state index contributed by atoms with van der Waals surface area (Å²) in [7, 11) is 0. The van der Waals surface area contributed by atoms with Gasteiger partial charge in [0, 0.05) is 23.2 Å². The van der Waals surface area contributed by atoms with E-state index in [1.807, 2.05) is 30.3 Å². The van der Waals surface area contributed by atoms with Gasteiger partial charge in [0.15, 0.2) is 0 Å². The van der Waals surface area contributed by atoms with Gasteiger partial charge < -0.3 is 10.8 Å². The minimum absolute atomic E-state index is 0.473. The highest BCUT2D eigenvalue weighted by Gasteiger charge is 2.22. The molecule has 5 nitrogen and oxygen atoms in total. The highest BCUT2D eigenvalue weighted by molar-refractivity contribution is 7.99. The first-order chi connectivity index (χ1) is 14.0. The molecule has 5 N–H and O–H groups in total. The maximum Gasteiger partial charge on any atom is 0.264 e. The lowest BCUT2D eigenvalue weighted by molar-refractivity contribution is -0.131. The highest BCUT2D eigenvalue weighted by Crippen LogP contribution is 2.22. The Morgan fingerprint density at radius 1 is 1.07 bits per heavy atom. The molecule has 0 aliphatic carbocycles. The summed E-state index contributed by atoms with van der Waals surface area (Å²) in [6.07, 6.45) is -0.619. The molecule has 0 heterocycles. The lowest BCUT2D eigenvalue weighted by atomic mass is 10.1. The summed E-state index contributed by atoms with van der Waals surface area (Å²) in [4.78, 5) is 13.2. The van der Waals surface area contributed by atoms with Crippen LogP contribution in [0.1, 0.15) is 31.4 Å². The second-order valence-corrected chi connectivity index (χ2v) is 9.81. The Bertz CT molecular complexity index is 727. The summed E-state index contributed by atoms with van der Waals surface area (Å²) in [6, 6.07) is 18.0. The number of aliphatic hydroxyl groups excluding tert-OH is 1. The van der Waals surface area contributed by atoms with Crippen molar-refractivity contribution in [1.29, 1.82) is 0 Å². The smallest absolute Gasteiger partial charge is 0.264 e. The topological polar surface area (TPSA) is 87.4 Å². The molecule has 0 aliphatic rings. The molecule has 29 heavy (non-hydrogen) atoms. The maximum atomic E-state index is 12.0. The van der Waals surface area contributed by atoms with Crippen molar-refractivity contribution < 1.29 is 9.90 Å². The van der Waals surface area contributed by atoms with E-state index in [4.69, 9.17) is 5.73 Å². The number of nitrogens with one attached hydrogen (secondary N) is 2. The van der Waals surface area contributed by atoms with E-state index in [1.165, 1.54) is 10.5 Å². The van der Waals surface area contributed by atoms with Crippen LogP contribution in [0, 0.1) is 0 Å². The lowest BCUT2D eigenvalue weighted by Gasteiger charge is -2.19. The Hall–Kier alpha value is -1.51. The van der Waals surface area contributed by atoms with Crippen LogP contribution in [-0.2, 0) is 17.1 Å². The largest absolute Gasteiger partial charge is 0.382 e. The first-order valence-corrected chi connectivity index (χ1v) is 11.8. The number of hydrazine groups is 1. The quantitative estimate of drug-likeness (QED) is 0.303. The SMILES string of the molecule is CC(C)SCCC(N)C(O)C(=O)NNCc1ccc(SCc2ccccc2)cc1. The van der Waals surface area contributed by atoms with E-state index in [9.17, 15) is 9.90 Å². The van der Waals surface area contributed by atoms with Crippen LogP contribution in [0.3, 0.4) is 0 Å². The van der Waals surface area contributed by atoms with E-state index >= 15 is 0 Å². The second kappa shape index (κ2) is 12.9. The van der Waals surface area contributed by atoms with Gasteiger partial charge in [-0.05, 0) is 40.7 Å². The zero-order valence-electron chi connectivity index (χ0n) is 17.0. The van der Waals surface area contributed by atoms with Crippen molar-refractivity contribution >= 4 is 29.4 Å². The first-order valence-electron chi connectivity index (χ1n) is 9.79. The third kappa shape index (κ3) is 9.23. The van der Waals surface area contributed by atoms with Crippen molar-refractivity contribution in [2.45, 2.75) is 54.9 Å². The Kier molecular flexibility index (Phi) is 10.6. The van der Waals surface area contributed by atoms with E-state index in [2.05, 4.69) is 49.0 Å². The van der Waals surface area contributed by atoms with Crippen molar-refractivity contribution in [3.8, 4) is 0 Å². The fourth-order valence-corrected chi connectivity index (χ4v) is 4.28. The van der Waals surface area contributed by atoms with Crippen molar-refractivity contribution in [1.82, 2.24) is 10.9 Å². The van der Waals surface area contributed by atoms with Crippen LogP contribution >= 0.6 is 23.5 Å². The predicted octanol–water partition coefficient (Wildman–Crippen LogP) is 3.32. The van der Waals surface area contributed by atoms with Gasteiger partial charge in [-0.25, -0.2) is 5.43 Å². The fraction of sp³-hybridized carbons (Fsp3) is 0.409. The number of nitrogens with two attached hydrogens (primary N) is 1. The van der Waals surface area contributed by atoms with Gasteiger partial charge in [0.05, 0.1) is 0 Å². The zero-order valence-corrected chi connectivity index (χ0v) is 18.6. The number of aliphatic hydroxyl groups is 1. The van der Waals surface area contributed by atoms with Crippen LogP contribution in [-0.4, -0.2) is 34.2 Å². The number of hydrogen-bond acceptors (Lipinski definition) is 6. The first kappa shape index (κ1) is 23.8. The summed E-state index contributed by atoms with van der Waals surface area (Å²) >= 11 is 3.55. The van der Waals surface area contributed by atoms with Crippen LogP contribution < -0.4 is 16.6 Å². The summed E-state index contributed by atoms with van der Waals surface area (Å²) in [6.45, 7) is 4.69. The molecule has 0 aromatic heterocycles. The predicted molar refractivity (Wildman–Crippen MR) is 124 cm³/mol. The average molecular weight is 434 g/mol. The molecule has 0 aliphatic heterocycles. The normalized spacial score (nSPS) is 13.3. The van der Waals surface area contributed by atoms with Crippen LogP contribution in [0.15, 0.2) is 59.5 Å². The van der Waals surface area contributed by atoms with Gasteiger partial charge in [-0.2, -0.15) is 11.8 Å². The molecule has 0 fully saturated rings. The van der Waals surface area contributed by atoms with E-state index in [0.717, 1.165) is 17.1 Å². The number of thioether (sulfide) groups is 2. The number of amides is 1. The molecule has 2 atom stereocenters. The summed E-state index contributed by atoms with van der Waals surface area (Å²) < 4.78 is 0. The van der Waals surface area contributed by atoms with Gasteiger partial charge in [-0.1, -0.05) is 56.3 Å². The maximum absolute atomic E-state index is 12.0. The molecule has 2 rings (SSSR count). The van der Waals surface area contributed by atoms with Crippen molar-refractivity contribution in [3.05, 3.63) is 65.7 Å². The monoisotopic (exact) mass is 433 g/mol. The van der Waals surface area contributed by atoms with Gasteiger partial charge in [0.1, 0.15) is 6.10 Å². The molecule has 2 unspecified atom stereocenters. The standard InChI is InChI=1S/C22H31N3O2S2/c1-16(2)28-13-12-20(23)21(26)22(27)25-24-14-17-8-10-19(11-9-17)29-15-18-6-4-3-5-7-18/h3-11,16,20-21,24,26H,12-15,23H2,1-2H3,(H,25,27). The molecule has 7 heteroatoms. The van der Waals surface area contributed by atoms with Crippen LogP contribution in [0.2, 0.25) is 0 Å². The van der Waals surface area contributed by atoms with Gasteiger partial charge >= 0.3 is 0 Å². The molecule has 0 saturated carbocycles. The van der Waals surface area contributed by atoms with Crippen LogP contribution in [0.5, 0.6) is 0 Å². The third-order valence-corrected chi connectivity index (χ3v) is 6.47. The number of benzene rings is 2. The second-order valence-electron chi connectivity index (χ2n) is 7.08. The van der Waals surface area contributed by atoms with Crippen molar-refractivity contribution in [2.24, 2.45) is 5.73 Å². The van der Waals surface area contributed by atoms with E-state index < -0.39 is 18.1 Å². The Balaban J connectivity index is 1.68. The lowest BCUT2D eigenvalue weighted by Crippen LogP contribution is -2.50. The van der Waals surface area contributed by atoms with Crippen LogP contribution in [0.25, 0.3) is 0 Å². The van der Waals surface area contributed by atoms with E-state index in [0.29, 0.717) is 18.2 Å². The van der Waals surface area contributed by atoms with Gasteiger partial charge in [-0.15, -0.1) is 11.8 Å². The minimum Gasteiger partial charge on any atom is -0.382 e. The molecule has 2 aromatic carbocycles. The van der Waals surface area contributed by atoms with Gasteiger partial charge in [-0.3, -0.25) is 10.2 Å². The van der Waals surface area contributed by atoms with Crippen molar-refractivity contribution in [3.63, 3.8) is 0 Å². The number of hydrogen-bond donors (Lipinski definition) is 4. The van der Waals surface area contributed by atoms with Crippen molar-refractivity contribution in [2.75, 3.05) is 5.75 Å². The summed E-state index contributed by atoms with van der Waals surface area (Å²) in [5.41, 5.74) is 13.7. The number of rotatable bonds is 12. The molecular formula is C22H31N3O2S2. The zero-order chi connectivity index (χ0) is 21.1. The van der Waals surface area contributed by atoms with Crippen LogP contribution in [0.4, 0.5) is 0 Å². The number of carbonyl (C=O) groups is 1. The molecule has 158 valence electrons. The summed E-state index contributed by atoms with van der Waals surface area (Å²) in [5.74, 6) is 1.26. The molecule has 2 aromatic rings. The molecular weight excluding hydrogens is 402 g/mol. The Morgan fingerprint density at radius 3 is 2.41 bits per heavy atom. The molecule has 0 radical (unpaired) electrons. The Labute approximate surface area is 182 Å². The Morgan fingerprint density at radius 2 is 1.76 bits per heavy atom. The molecule has 0 saturated heterocycles. The average Bonchev–Trinajstić information content (AvgIpc) is 2.73. The molecule has 1 amide bonds. The number of carbonyl (C=O) groups excluding carboxylic acids is 1. The molecule has 0 bridgehead atoms. The fourth-order valence-electron chi connectivity index (χ4n) is 2.54. The van der Waals surface area contributed by atoms with Gasteiger partial charge in [0.25, 0.3) is 5.91 Å². The molecule has 0 spiro atoms. The van der Waals surface area contributed by atoms with Gasteiger partial charge in [0.2, 0.25) is 0 Å². The highest BCUT2D eigenvalue weighted by atomic mass is 32.2. The third-order valence-electron chi connectivity index (χ3n) is 4.25. The summed E-state index contributed by atoms with van der Waals surface area (Å²) in [5, 5.41) is 10.6. The van der Waals surface area contributed by atoms with E-state index in [1.54, 1.807) is 23.5 Å².